The van der Waals surface area contributed by atoms with Crippen LogP contribution in [0, 0.1) is 0 Å². The summed E-state index contributed by atoms with van der Waals surface area (Å²) in [6.45, 7) is 5.05. The highest BCUT2D eigenvalue weighted by Gasteiger charge is 2.05. The normalized spacial score (nSPS) is 15.3. The van der Waals surface area contributed by atoms with Gasteiger partial charge in [-0.05, 0) is 44.1 Å². The van der Waals surface area contributed by atoms with Gasteiger partial charge in [0.25, 0.3) is 0 Å². The molecular formula is C12H20O2. The lowest BCUT2D eigenvalue weighted by molar-refractivity contribution is 0.204. The third-order valence-corrected chi connectivity index (χ3v) is 2.39. The highest BCUT2D eigenvalue weighted by molar-refractivity contribution is 5.02. The zero-order valence-corrected chi connectivity index (χ0v) is 8.84. The third kappa shape index (κ3) is 4.95. The molecule has 0 aromatic carbocycles. The Balaban J connectivity index is 1.88. The van der Waals surface area contributed by atoms with Gasteiger partial charge in [-0.3, -0.25) is 0 Å². The number of rotatable bonds is 7. The molecular weight excluding hydrogens is 176 g/mol. The highest BCUT2D eigenvalue weighted by Crippen LogP contribution is 2.23. The molecule has 1 rings (SSSR count). The SMILES string of the molecule is C=COCCCCOC=C1CCCC1. The second kappa shape index (κ2) is 7.48. The van der Waals surface area contributed by atoms with E-state index in [2.05, 4.69) is 6.58 Å². The van der Waals surface area contributed by atoms with Crippen molar-refractivity contribution >= 4 is 0 Å². The number of unbranched alkanes of at least 4 members (excludes halogenated alkanes) is 1. The van der Waals surface area contributed by atoms with Crippen LogP contribution in [0.2, 0.25) is 0 Å². The second-order valence-electron chi connectivity index (χ2n) is 3.60. The highest BCUT2D eigenvalue weighted by atomic mass is 16.5. The first-order valence-corrected chi connectivity index (χ1v) is 5.45. The minimum atomic E-state index is 0.753. The monoisotopic (exact) mass is 196 g/mol. The molecule has 0 heterocycles. The van der Waals surface area contributed by atoms with E-state index in [4.69, 9.17) is 9.47 Å². The van der Waals surface area contributed by atoms with E-state index >= 15 is 0 Å². The van der Waals surface area contributed by atoms with Crippen LogP contribution in [0.15, 0.2) is 24.7 Å². The van der Waals surface area contributed by atoms with Gasteiger partial charge in [-0.1, -0.05) is 6.58 Å². The van der Waals surface area contributed by atoms with Crippen LogP contribution < -0.4 is 0 Å². The molecule has 0 spiro atoms. The van der Waals surface area contributed by atoms with E-state index in [1.54, 1.807) is 0 Å². The van der Waals surface area contributed by atoms with Crippen molar-refractivity contribution < 1.29 is 9.47 Å². The maximum Gasteiger partial charge on any atom is 0.0874 e. The summed E-state index contributed by atoms with van der Waals surface area (Å²) < 4.78 is 10.5. The van der Waals surface area contributed by atoms with Crippen LogP contribution >= 0.6 is 0 Å². The third-order valence-electron chi connectivity index (χ3n) is 2.39. The van der Waals surface area contributed by atoms with Crippen molar-refractivity contribution in [3.8, 4) is 0 Å². The zero-order chi connectivity index (χ0) is 10.1. The summed E-state index contributed by atoms with van der Waals surface area (Å²) in [5.74, 6) is 0. The van der Waals surface area contributed by atoms with Crippen LogP contribution in [0.4, 0.5) is 0 Å². The standard InChI is InChI=1S/C12H20O2/c1-2-13-9-5-6-10-14-11-12-7-3-4-8-12/h2,11H,1,3-10H2. The van der Waals surface area contributed by atoms with E-state index in [1.807, 2.05) is 6.26 Å². The van der Waals surface area contributed by atoms with Crippen LogP contribution in [0.1, 0.15) is 38.5 Å². The Hall–Kier alpha value is -0.920. The average Bonchev–Trinajstić information content (AvgIpc) is 2.69. The van der Waals surface area contributed by atoms with E-state index in [0.29, 0.717) is 0 Å². The Kier molecular flexibility index (Phi) is 5.96. The van der Waals surface area contributed by atoms with Crippen LogP contribution in [0.3, 0.4) is 0 Å². The summed E-state index contributed by atoms with van der Waals surface area (Å²) in [6.07, 6.45) is 10.7. The van der Waals surface area contributed by atoms with E-state index in [1.165, 1.54) is 37.5 Å². The maximum atomic E-state index is 5.45. The summed E-state index contributed by atoms with van der Waals surface area (Å²) >= 11 is 0. The Bertz CT molecular complexity index is 177. The minimum absolute atomic E-state index is 0.753. The molecule has 0 aliphatic heterocycles. The molecule has 1 saturated carbocycles. The molecule has 0 N–H and O–H groups in total. The van der Waals surface area contributed by atoms with Gasteiger partial charge in [0, 0.05) is 0 Å². The van der Waals surface area contributed by atoms with Crippen molar-refractivity contribution in [2.75, 3.05) is 13.2 Å². The van der Waals surface area contributed by atoms with Gasteiger partial charge in [0.2, 0.25) is 0 Å². The molecule has 0 unspecified atom stereocenters. The van der Waals surface area contributed by atoms with Crippen molar-refractivity contribution in [1.29, 1.82) is 0 Å². The summed E-state index contributed by atoms with van der Waals surface area (Å²) in [4.78, 5) is 0. The quantitative estimate of drug-likeness (QED) is 0.459. The molecule has 2 nitrogen and oxygen atoms in total. The van der Waals surface area contributed by atoms with Gasteiger partial charge >= 0.3 is 0 Å². The van der Waals surface area contributed by atoms with Gasteiger partial charge in [-0.2, -0.15) is 0 Å². The molecule has 0 amide bonds. The van der Waals surface area contributed by atoms with Crippen molar-refractivity contribution in [3.63, 3.8) is 0 Å². The van der Waals surface area contributed by atoms with Crippen LogP contribution in [-0.4, -0.2) is 13.2 Å². The van der Waals surface area contributed by atoms with E-state index in [9.17, 15) is 0 Å². The van der Waals surface area contributed by atoms with Gasteiger partial charge in [0.05, 0.1) is 25.7 Å². The molecule has 0 bridgehead atoms. The first-order chi connectivity index (χ1) is 6.93. The van der Waals surface area contributed by atoms with Gasteiger partial charge < -0.3 is 9.47 Å². The fourth-order valence-electron chi connectivity index (χ4n) is 1.58. The van der Waals surface area contributed by atoms with E-state index in [-0.39, 0.29) is 0 Å². The molecule has 0 atom stereocenters. The lowest BCUT2D eigenvalue weighted by Gasteiger charge is -2.02. The van der Waals surface area contributed by atoms with E-state index in [0.717, 1.165) is 26.1 Å². The Morgan fingerprint density at radius 1 is 1.07 bits per heavy atom. The molecule has 0 aromatic rings. The topological polar surface area (TPSA) is 18.5 Å². The van der Waals surface area contributed by atoms with E-state index < -0.39 is 0 Å². The molecule has 80 valence electrons. The molecule has 2 heteroatoms. The number of allylic oxidation sites excluding steroid dienone is 1. The zero-order valence-electron chi connectivity index (χ0n) is 8.84. The van der Waals surface area contributed by atoms with Crippen molar-refractivity contribution in [1.82, 2.24) is 0 Å². The average molecular weight is 196 g/mol. The first kappa shape index (κ1) is 11.2. The largest absolute Gasteiger partial charge is 0.502 e. The maximum absolute atomic E-state index is 5.45. The Morgan fingerprint density at radius 2 is 1.71 bits per heavy atom. The number of hydrogen-bond donors (Lipinski definition) is 0. The Labute approximate surface area is 86.6 Å². The molecule has 1 aliphatic carbocycles. The predicted molar refractivity (Wildman–Crippen MR) is 57.9 cm³/mol. The molecule has 14 heavy (non-hydrogen) atoms. The smallest absolute Gasteiger partial charge is 0.0874 e. The predicted octanol–water partition coefficient (Wildman–Crippen LogP) is 3.40. The van der Waals surface area contributed by atoms with Crippen LogP contribution in [0.5, 0.6) is 0 Å². The lowest BCUT2D eigenvalue weighted by atomic mass is 10.3. The molecule has 0 aromatic heterocycles. The molecule has 0 radical (unpaired) electrons. The van der Waals surface area contributed by atoms with Gasteiger partial charge in [0.15, 0.2) is 0 Å². The minimum Gasteiger partial charge on any atom is -0.502 e. The first-order valence-electron chi connectivity index (χ1n) is 5.45. The second-order valence-corrected chi connectivity index (χ2v) is 3.60. The number of ether oxygens (including phenoxy) is 2. The van der Waals surface area contributed by atoms with Crippen molar-refractivity contribution in [2.24, 2.45) is 0 Å². The summed E-state index contributed by atoms with van der Waals surface area (Å²) in [5.41, 5.74) is 1.48. The summed E-state index contributed by atoms with van der Waals surface area (Å²) in [5, 5.41) is 0. The summed E-state index contributed by atoms with van der Waals surface area (Å²) in [6, 6.07) is 0. The van der Waals surface area contributed by atoms with Crippen molar-refractivity contribution in [3.05, 3.63) is 24.7 Å². The van der Waals surface area contributed by atoms with Crippen molar-refractivity contribution in [2.45, 2.75) is 38.5 Å². The van der Waals surface area contributed by atoms with Gasteiger partial charge in [0.1, 0.15) is 0 Å². The van der Waals surface area contributed by atoms with Gasteiger partial charge in [-0.25, -0.2) is 0 Å². The molecule has 0 saturated heterocycles. The Morgan fingerprint density at radius 3 is 2.36 bits per heavy atom. The van der Waals surface area contributed by atoms with Crippen LogP contribution in [0.25, 0.3) is 0 Å². The van der Waals surface area contributed by atoms with Gasteiger partial charge in [-0.15, -0.1) is 0 Å². The molecule has 1 fully saturated rings. The van der Waals surface area contributed by atoms with Crippen LogP contribution in [-0.2, 0) is 9.47 Å². The fourth-order valence-corrected chi connectivity index (χ4v) is 1.58. The summed E-state index contributed by atoms with van der Waals surface area (Å²) in [7, 11) is 0. The fraction of sp³-hybridized carbons (Fsp3) is 0.667. The number of hydrogen-bond acceptors (Lipinski definition) is 2. The molecule has 1 aliphatic rings. The lowest BCUT2D eigenvalue weighted by Crippen LogP contribution is -1.93.